The molecule has 0 heterocycles. The molecule has 1 aliphatic rings. The van der Waals surface area contributed by atoms with Crippen LogP contribution in [0.2, 0.25) is 5.02 Å². The lowest BCUT2D eigenvalue weighted by molar-refractivity contribution is -0.165. The molecule has 1 aromatic carbocycles. The van der Waals surface area contributed by atoms with E-state index in [-0.39, 0.29) is 13.2 Å². The molecule has 1 fully saturated rings. The van der Waals surface area contributed by atoms with E-state index in [2.05, 4.69) is 0 Å². The van der Waals surface area contributed by atoms with Crippen molar-refractivity contribution in [3.63, 3.8) is 0 Å². The van der Waals surface area contributed by atoms with Gasteiger partial charge in [-0.3, -0.25) is 14.4 Å². The minimum Gasteiger partial charge on any atom is -0.465 e. The van der Waals surface area contributed by atoms with E-state index in [1.54, 1.807) is 38.1 Å². The van der Waals surface area contributed by atoms with Crippen molar-refractivity contribution in [3.8, 4) is 0 Å². The predicted molar refractivity (Wildman–Crippen MR) is 98.0 cm³/mol. The lowest BCUT2D eigenvalue weighted by Gasteiger charge is -2.38. The second-order valence-electron chi connectivity index (χ2n) is 6.45. The van der Waals surface area contributed by atoms with Gasteiger partial charge in [-0.1, -0.05) is 43.0 Å². The summed E-state index contributed by atoms with van der Waals surface area (Å²) in [4.78, 5) is 38.3. The lowest BCUT2D eigenvalue weighted by Crippen LogP contribution is -2.48. The maximum atomic E-state index is 13.5. The average Bonchev–Trinajstić information content (AvgIpc) is 2.63. The number of ether oxygens (including phenoxy) is 2. The first-order valence-corrected chi connectivity index (χ1v) is 9.47. The van der Waals surface area contributed by atoms with E-state index >= 15 is 0 Å². The minimum atomic E-state index is -1.55. The highest BCUT2D eigenvalue weighted by molar-refractivity contribution is 6.30. The zero-order valence-electron chi connectivity index (χ0n) is 15.3. The molecule has 0 atom stereocenters. The van der Waals surface area contributed by atoms with E-state index in [0.29, 0.717) is 17.9 Å². The summed E-state index contributed by atoms with van der Waals surface area (Å²) in [5.41, 5.74) is -0.113. The number of rotatable bonds is 7. The molecule has 0 amide bonds. The zero-order valence-corrected chi connectivity index (χ0v) is 16.0. The van der Waals surface area contributed by atoms with Gasteiger partial charge < -0.3 is 9.47 Å². The van der Waals surface area contributed by atoms with E-state index in [9.17, 15) is 14.4 Å². The third kappa shape index (κ3) is 4.26. The zero-order chi connectivity index (χ0) is 19.2. The molecule has 142 valence electrons. The molecule has 1 aromatic rings. The van der Waals surface area contributed by atoms with Crippen molar-refractivity contribution in [1.29, 1.82) is 0 Å². The number of esters is 2. The van der Waals surface area contributed by atoms with Gasteiger partial charge in [0.15, 0.2) is 5.78 Å². The third-order valence-electron chi connectivity index (χ3n) is 4.88. The summed E-state index contributed by atoms with van der Waals surface area (Å²) in [7, 11) is 0. The van der Waals surface area contributed by atoms with Crippen LogP contribution in [0.15, 0.2) is 24.3 Å². The Kier molecular flexibility index (Phi) is 7.21. The Morgan fingerprint density at radius 3 is 1.92 bits per heavy atom. The molecule has 0 unspecified atom stereocenters. The Morgan fingerprint density at radius 1 is 0.962 bits per heavy atom. The van der Waals surface area contributed by atoms with Gasteiger partial charge >= 0.3 is 11.9 Å². The molecule has 2 rings (SSSR count). The molecular weight excluding hydrogens is 356 g/mol. The number of hydrogen-bond acceptors (Lipinski definition) is 5. The van der Waals surface area contributed by atoms with Crippen molar-refractivity contribution < 1.29 is 23.9 Å². The first kappa shape index (κ1) is 20.4. The van der Waals surface area contributed by atoms with Crippen molar-refractivity contribution in [3.05, 3.63) is 34.9 Å². The quantitative estimate of drug-likeness (QED) is 0.530. The monoisotopic (exact) mass is 380 g/mol. The summed E-state index contributed by atoms with van der Waals surface area (Å²) in [5, 5.41) is 0.569. The fourth-order valence-corrected chi connectivity index (χ4v) is 3.77. The summed E-state index contributed by atoms with van der Waals surface area (Å²) in [6.45, 7) is 3.46. The predicted octanol–water partition coefficient (Wildman–Crippen LogP) is 3.85. The topological polar surface area (TPSA) is 69.7 Å². The average molecular weight is 381 g/mol. The van der Waals surface area contributed by atoms with Crippen molar-refractivity contribution >= 4 is 29.3 Å². The molecule has 1 saturated carbocycles. The van der Waals surface area contributed by atoms with E-state index in [0.717, 1.165) is 24.8 Å². The summed E-state index contributed by atoms with van der Waals surface area (Å²) in [6, 6.07) is 7.06. The van der Waals surface area contributed by atoms with Crippen LogP contribution in [-0.4, -0.2) is 30.9 Å². The Hall–Kier alpha value is -1.88. The Balaban J connectivity index is 2.46. The maximum absolute atomic E-state index is 13.5. The van der Waals surface area contributed by atoms with Crippen LogP contribution >= 0.6 is 11.6 Å². The van der Waals surface area contributed by atoms with Crippen molar-refractivity contribution in [2.24, 2.45) is 5.92 Å². The second-order valence-corrected chi connectivity index (χ2v) is 6.89. The maximum Gasteiger partial charge on any atom is 0.328 e. The minimum absolute atomic E-state index is 0.0932. The van der Waals surface area contributed by atoms with Gasteiger partial charge in [0.2, 0.25) is 5.92 Å². The smallest absolute Gasteiger partial charge is 0.328 e. The van der Waals surface area contributed by atoms with Crippen LogP contribution in [0.3, 0.4) is 0 Å². The van der Waals surface area contributed by atoms with Crippen LogP contribution in [-0.2, 0) is 29.3 Å². The number of halogens is 1. The Bertz CT molecular complexity index is 629. The van der Waals surface area contributed by atoms with Gasteiger partial charge in [-0.25, -0.2) is 0 Å². The van der Waals surface area contributed by atoms with Gasteiger partial charge in [0.25, 0.3) is 0 Å². The number of ketones is 1. The standard InChI is InChI=1S/C20H25ClO5/c1-3-25-18(23)16(19(24)26-4-2)17(22)20(12-6-5-7-13-20)14-8-10-15(21)11-9-14/h8-11,16H,3-7,12-13H2,1-2H3. The van der Waals surface area contributed by atoms with E-state index in [1.807, 2.05) is 0 Å². The van der Waals surface area contributed by atoms with Crippen LogP contribution < -0.4 is 0 Å². The molecule has 6 heteroatoms. The highest BCUT2D eigenvalue weighted by atomic mass is 35.5. The normalized spacial score (nSPS) is 16.2. The van der Waals surface area contributed by atoms with E-state index < -0.39 is 29.1 Å². The second kappa shape index (κ2) is 9.17. The fourth-order valence-electron chi connectivity index (χ4n) is 3.64. The molecule has 1 aliphatic carbocycles. The molecule has 0 saturated heterocycles. The van der Waals surface area contributed by atoms with Crippen LogP contribution in [0.1, 0.15) is 51.5 Å². The molecule has 26 heavy (non-hydrogen) atoms. The molecular formula is C20H25ClO5. The molecule has 0 N–H and O–H groups in total. The highest BCUT2D eigenvalue weighted by Crippen LogP contribution is 2.42. The number of benzene rings is 1. The SMILES string of the molecule is CCOC(=O)C(C(=O)OCC)C(=O)C1(c2ccc(Cl)cc2)CCCCC1. The molecule has 0 spiro atoms. The fraction of sp³-hybridized carbons (Fsp3) is 0.550. The van der Waals surface area contributed by atoms with Crippen molar-refractivity contribution in [2.45, 2.75) is 51.4 Å². The van der Waals surface area contributed by atoms with Gasteiger partial charge in [-0.05, 0) is 44.4 Å². The summed E-state index contributed by atoms with van der Waals surface area (Å²) < 4.78 is 10.0. The molecule has 0 aliphatic heterocycles. The number of Topliss-reactive ketones (excluding diaryl/α,β-unsaturated/α-hetero) is 1. The van der Waals surface area contributed by atoms with Crippen LogP contribution in [0.4, 0.5) is 0 Å². The van der Waals surface area contributed by atoms with E-state index in [1.165, 1.54) is 0 Å². The largest absolute Gasteiger partial charge is 0.465 e. The van der Waals surface area contributed by atoms with Gasteiger partial charge in [-0.15, -0.1) is 0 Å². The van der Waals surface area contributed by atoms with Crippen LogP contribution in [0.25, 0.3) is 0 Å². The van der Waals surface area contributed by atoms with Gasteiger partial charge in [0, 0.05) is 5.02 Å². The summed E-state index contributed by atoms with van der Waals surface area (Å²) in [6.07, 6.45) is 3.90. The third-order valence-corrected chi connectivity index (χ3v) is 5.13. The number of carbonyl (C=O) groups is 3. The Morgan fingerprint density at radius 2 is 1.46 bits per heavy atom. The number of carbonyl (C=O) groups excluding carboxylic acids is 3. The van der Waals surface area contributed by atoms with Crippen molar-refractivity contribution in [1.82, 2.24) is 0 Å². The number of hydrogen-bond donors (Lipinski definition) is 0. The van der Waals surface area contributed by atoms with Crippen LogP contribution in [0.5, 0.6) is 0 Å². The van der Waals surface area contributed by atoms with E-state index in [4.69, 9.17) is 21.1 Å². The molecule has 0 bridgehead atoms. The molecule has 0 aromatic heterocycles. The van der Waals surface area contributed by atoms with Gasteiger partial charge in [0.05, 0.1) is 18.6 Å². The summed E-state index contributed by atoms with van der Waals surface area (Å²) in [5.74, 6) is -3.66. The van der Waals surface area contributed by atoms with Crippen molar-refractivity contribution in [2.75, 3.05) is 13.2 Å². The first-order chi connectivity index (χ1) is 12.5. The summed E-state index contributed by atoms with van der Waals surface area (Å²) >= 11 is 5.99. The molecule has 0 radical (unpaired) electrons. The Labute approximate surface area is 159 Å². The lowest BCUT2D eigenvalue weighted by atomic mass is 9.64. The van der Waals surface area contributed by atoms with Gasteiger partial charge in [0.1, 0.15) is 0 Å². The first-order valence-electron chi connectivity index (χ1n) is 9.10. The van der Waals surface area contributed by atoms with Crippen LogP contribution in [0, 0.1) is 5.92 Å². The molecule has 5 nitrogen and oxygen atoms in total. The van der Waals surface area contributed by atoms with Gasteiger partial charge in [-0.2, -0.15) is 0 Å². The highest BCUT2D eigenvalue weighted by Gasteiger charge is 2.50.